The molecule has 1 aromatic heterocycles. The summed E-state index contributed by atoms with van der Waals surface area (Å²) >= 11 is 0. The van der Waals surface area contributed by atoms with Crippen LogP contribution in [0.2, 0.25) is 0 Å². The van der Waals surface area contributed by atoms with Gasteiger partial charge in [0.2, 0.25) is 11.8 Å². The summed E-state index contributed by atoms with van der Waals surface area (Å²) < 4.78 is 5.87. The molecule has 7 nitrogen and oxygen atoms in total. The molecule has 142 valence electrons. The highest BCUT2D eigenvalue weighted by Crippen LogP contribution is 2.30. The van der Waals surface area contributed by atoms with Crippen molar-refractivity contribution in [1.29, 1.82) is 0 Å². The van der Waals surface area contributed by atoms with Crippen molar-refractivity contribution in [1.82, 2.24) is 15.5 Å². The largest absolute Gasteiger partial charge is 0.440 e. The second-order valence-electron chi connectivity index (χ2n) is 7.98. The van der Waals surface area contributed by atoms with E-state index in [4.69, 9.17) is 4.42 Å². The van der Waals surface area contributed by atoms with Crippen LogP contribution in [0.5, 0.6) is 0 Å². The number of carbonyl (C=O) groups excluding carboxylic acids is 2. The van der Waals surface area contributed by atoms with E-state index in [2.05, 4.69) is 10.6 Å². The fraction of sp³-hybridized carbons (Fsp3) is 0.500. The molecular weight excluding hydrogens is 344 g/mol. The van der Waals surface area contributed by atoms with Crippen molar-refractivity contribution >= 4 is 28.7 Å². The zero-order valence-corrected chi connectivity index (χ0v) is 15.4. The Kier molecular flexibility index (Phi) is 3.94. The summed E-state index contributed by atoms with van der Waals surface area (Å²) in [5.41, 5.74) is 1.32. The number of carbonyl (C=O) groups is 2. The van der Waals surface area contributed by atoms with Gasteiger partial charge in [-0.3, -0.25) is 19.4 Å². The van der Waals surface area contributed by atoms with Gasteiger partial charge in [-0.2, -0.15) is 0 Å². The molecule has 0 radical (unpaired) electrons. The van der Waals surface area contributed by atoms with Crippen molar-refractivity contribution < 1.29 is 14.0 Å². The molecule has 3 aliphatic heterocycles. The summed E-state index contributed by atoms with van der Waals surface area (Å²) in [7, 11) is 1.93. The van der Waals surface area contributed by atoms with E-state index in [0.717, 1.165) is 24.8 Å². The Morgan fingerprint density at radius 1 is 1.26 bits per heavy atom. The summed E-state index contributed by atoms with van der Waals surface area (Å²) in [5, 5.41) is 7.55. The van der Waals surface area contributed by atoms with Crippen LogP contribution in [0.25, 0.3) is 11.0 Å². The smallest absolute Gasteiger partial charge is 0.251 e. The number of furan rings is 1. The zero-order valence-electron chi connectivity index (χ0n) is 15.4. The molecular formula is C20H24N4O3. The Hall–Kier alpha value is -2.38. The third kappa shape index (κ3) is 3.00. The van der Waals surface area contributed by atoms with Crippen molar-refractivity contribution in [2.45, 2.75) is 37.4 Å². The van der Waals surface area contributed by atoms with Crippen LogP contribution < -0.4 is 15.5 Å². The van der Waals surface area contributed by atoms with Crippen molar-refractivity contribution in [2.75, 3.05) is 31.6 Å². The minimum Gasteiger partial charge on any atom is -0.440 e. The number of likely N-dealkylation sites (N-methyl/N-ethyl adjacent to an activating group) is 1. The van der Waals surface area contributed by atoms with Gasteiger partial charge in [-0.15, -0.1) is 0 Å². The standard InChI is InChI=1S/C20H24N4O3/c1-23-6-7-24(18(25)11-23)19-9-13-8-12(2-5-17(13)27-19)20(26)22-16-10-14-3-4-15(16)21-14/h2,5,8-9,14-16,21H,3-4,6-7,10-11H2,1H3,(H,22,26)/t14-,15+,16-/m1/s1. The van der Waals surface area contributed by atoms with E-state index in [1.54, 1.807) is 11.0 Å². The number of amides is 2. The molecule has 2 N–H and O–H groups in total. The van der Waals surface area contributed by atoms with Crippen LogP contribution in [-0.2, 0) is 4.79 Å². The summed E-state index contributed by atoms with van der Waals surface area (Å²) in [5.74, 6) is 0.539. The molecule has 2 aromatic rings. The van der Waals surface area contributed by atoms with Gasteiger partial charge >= 0.3 is 0 Å². The van der Waals surface area contributed by atoms with E-state index in [-0.39, 0.29) is 17.9 Å². The van der Waals surface area contributed by atoms with E-state index < -0.39 is 0 Å². The van der Waals surface area contributed by atoms with Crippen LogP contribution >= 0.6 is 0 Å². The third-order valence-corrected chi connectivity index (χ3v) is 6.06. The fourth-order valence-electron chi connectivity index (χ4n) is 4.56. The number of benzene rings is 1. The van der Waals surface area contributed by atoms with E-state index in [1.165, 1.54) is 6.42 Å². The van der Waals surface area contributed by atoms with Crippen LogP contribution in [0, 0.1) is 0 Å². The summed E-state index contributed by atoms with van der Waals surface area (Å²) in [6.07, 6.45) is 3.37. The first kappa shape index (κ1) is 16.8. The number of hydrogen-bond donors (Lipinski definition) is 2. The lowest BCUT2D eigenvalue weighted by Crippen LogP contribution is -2.48. The van der Waals surface area contributed by atoms with Gasteiger partial charge in [0.05, 0.1) is 6.54 Å². The van der Waals surface area contributed by atoms with Crippen LogP contribution in [0.3, 0.4) is 0 Å². The summed E-state index contributed by atoms with van der Waals surface area (Å²) in [6, 6.07) is 8.49. The number of nitrogens with zero attached hydrogens (tertiary/aromatic N) is 2. The van der Waals surface area contributed by atoms with Crippen LogP contribution in [0.1, 0.15) is 29.6 Å². The Bertz CT molecular complexity index is 908. The lowest BCUT2D eigenvalue weighted by molar-refractivity contribution is -0.121. The minimum atomic E-state index is -0.0466. The minimum absolute atomic E-state index is 0.0320. The quantitative estimate of drug-likeness (QED) is 0.855. The highest BCUT2D eigenvalue weighted by Gasteiger charge is 2.39. The topological polar surface area (TPSA) is 77.8 Å². The van der Waals surface area contributed by atoms with Gasteiger partial charge in [-0.05, 0) is 44.5 Å². The number of anilines is 1. The molecule has 0 unspecified atom stereocenters. The molecule has 3 aliphatic rings. The molecule has 2 amide bonds. The van der Waals surface area contributed by atoms with Gasteiger partial charge in [0.1, 0.15) is 5.58 Å². The molecule has 7 heteroatoms. The second-order valence-corrected chi connectivity index (χ2v) is 7.98. The third-order valence-electron chi connectivity index (χ3n) is 6.06. The Morgan fingerprint density at radius 2 is 2.15 bits per heavy atom. The maximum Gasteiger partial charge on any atom is 0.251 e. The summed E-state index contributed by atoms with van der Waals surface area (Å²) in [4.78, 5) is 28.6. The van der Waals surface area contributed by atoms with E-state index in [1.807, 2.05) is 30.1 Å². The molecule has 0 spiro atoms. The van der Waals surface area contributed by atoms with Crippen molar-refractivity contribution in [3.63, 3.8) is 0 Å². The number of rotatable bonds is 3. The van der Waals surface area contributed by atoms with Crippen LogP contribution in [-0.4, -0.2) is 61.5 Å². The Labute approximate surface area is 157 Å². The van der Waals surface area contributed by atoms with Gasteiger partial charge in [0.25, 0.3) is 5.91 Å². The molecule has 0 saturated carbocycles. The van der Waals surface area contributed by atoms with Gasteiger partial charge < -0.3 is 15.1 Å². The molecule has 3 fully saturated rings. The predicted molar refractivity (Wildman–Crippen MR) is 102 cm³/mol. The second kappa shape index (κ2) is 6.35. The molecule has 0 aliphatic carbocycles. The number of fused-ring (bicyclic) bond motifs is 3. The highest BCUT2D eigenvalue weighted by molar-refractivity contribution is 6.00. The Balaban J connectivity index is 1.34. The molecule has 5 rings (SSSR count). The molecule has 2 bridgehead atoms. The van der Waals surface area contributed by atoms with E-state index in [0.29, 0.717) is 42.2 Å². The maximum atomic E-state index is 12.7. The van der Waals surface area contributed by atoms with E-state index in [9.17, 15) is 9.59 Å². The van der Waals surface area contributed by atoms with Crippen LogP contribution in [0.15, 0.2) is 28.7 Å². The monoisotopic (exact) mass is 368 g/mol. The SMILES string of the molecule is CN1CCN(c2cc3cc(C(=O)N[C@@H]4C[C@H]5CC[C@@H]4N5)ccc3o2)C(=O)C1. The zero-order chi connectivity index (χ0) is 18.5. The van der Waals surface area contributed by atoms with Gasteiger partial charge in [0, 0.05) is 48.2 Å². The van der Waals surface area contributed by atoms with E-state index >= 15 is 0 Å². The average molecular weight is 368 g/mol. The molecule has 3 saturated heterocycles. The Morgan fingerprint density at radius 3 is 2.89 bits per heavy atom. The van der Waals surface area contributed by atoms with Gasteiger partial charge in [0.15, 0.2) is 0 Å². The van der Waals surface area contributed by atoms with Crippen LogP contribution in [0.4, 0.5) is 5.88 Å². The number of nitrogens with one attached hydrogen (secondary N) is 2. The molecule has 4 heterocycles. The fourth-order valence-corrected chi connectivity index (χ4v) is 4.56. The average Bonchev–Trinajstić information content (AvgIpc) is 3.35. The lowest BCUT2D eigenvalue weighted by Gasteiger charge is -2.30. The first-order chi connectivity index (χ1) is 13.1. The highest BCUT2D eigenvalue weighted by atomic mass is 16.4. The summed E-state index contributed by atoms with van der Waals surface area (Å²) in [6.45, 7) is 1.82. The van der Waals surface area contributed by atoms with Gasteiger partial charge in [-0.1, -0.05) is 0 Å². The lowest BCUT2D eigenvalue weighted by atomic mass is 9.95. The molecule has 3 atom stereocenters. The first-order valence-corrected chi connectivity index (χ1v) is 9.66. The maximum absolute atomic E-state index is 12.7. The van der Waals surface area contributed by atoms with Crippen molar-refractivity contribution in [2.24, 2.45) is 0 Å². The molecule has 27 heavy (non-hydrogen) atoms. The molecule has 1 aromatic carbocycles. The number of piperazine rings is 1. The van der Waals surface area contributed by atoms with Crippen molar-refractivity contribution in [3.8, 4) is 0 Å². The normalized spacial score (nSPS) is 28.3. The van der Waals surface area contributed by atoms with Crippen molar-refractivity contribution in [3.05, 3.63) is 29.8 Å². The predicted octanol–water partition coefficient (Wildman–Crippen LogP) is 1.33. The van der Waals surface area contributed by atoms with Gasteiger partial charge in [-0.25, -0.2) is 0 Å². The number of hydrogen-bond acceptors (Lipinski definition) is 5. The first-order valence-electron chi connectivity index (χ1n) is 9.66.